The average molecular weight is 311 g/mol. The second-order valence-corrected chi connectivity index (χ2v) is 5.39. The Balaban J connectivity index is 1.89. The second-order valence-electron chi connectivity index (χ2n) is 5.02. The van der Waals surface area contributed by atoms with Gasteiger partial charge in [0.2, 0.25) is 5.91 Å². The van der Waals surface area contributed by atoms with Crippen LogP contribution in [-0.4, -0.2) is 58.8 Å². The summed E-state index contributed by atoms with van der Waals surface area (Å²) in [5.41, 5.74) is 0.469. The number of carbonyl (C=O) groups excluding carboxylic acids is 2. The largest absolute Gasteiger partial charge is 0.508 e. The molecule has 0 bridgehead atoms. The number of rotatable bonds is 4. The van der Waals surface area contributed by atoms with Crippen LogP contribution in [0.3, 0.4) is 0 Å². The fourth-order valence-corrected chi connectivity index (χ4v) is 2.49. The molecule has 0 aliphatic carbocycles. The van der Waals surface area contributed by atoms with Gasteiger partial charge in [0.25, 0.3) is 5.91 Å². The molecule has 1 heterocycles. The van der Waals surface area contributed by atoms with Crippen LogP contribution in [0.15, 0.2) is 24.3 Å². The zero-order valence-electron chi connectivity index (χ0n) is 11.8. The highest BCUT2D eigenvalue weighted by Gasteiger charge is 2.24. The zero-order valence-corrected chi connectivity index (χ0v) is 12.6. The normalized spacial score (nSPS) is 15.1. The molecule has 0 radical (unpaired) electrons. The lowest BCUT2D eigenvalue weighted by atomic mass is 10.1. The Morgan fingerprint density at radius 1 is 1.14 bits per heavy atom. The lowest BCUT2D eigenvalue weighted by Crippen LogP contribution is -2.50. The number of halogens is 1. The molecule has 1 aromatic rings. The average Bonchev–Trinajstić information content (AvgIpc) is 2.52. The van der Waals surface area contributed by atoms with Crippen molar-refractivity contribution in [1.82, 2.24) is 9.80 Å². The molecule has 6 heteroatoms. The van der Waals surface area contributed by atoms with Crippen molar-refractivity contribution in [3.05, 3.63) is 29.8 Å². The van der Waals surface area contributed by atoms with Crippen LogP contribution in [-0.2, 0) is 4.79 Å². The maximum Gasteiger partial charge on any atom is 0.254 e. The van der Waals surface area contributed by atoms with Crippen molar-refractivity contribution in [3.63, 3.8) is 0 Å². The summed E-state index contributed by atoms with van der Waals surface area (Å²) in [6, 6.07) is 6.32. The molecule has 2 amide bonds. The van der Waals surface area contributed by atoms with E-state index < -0.39 is 0 Å². The minimum atomic E-state index is -0.112. The Morgan fingerprint density at radius 2 is 1.81 bits per heavy atom. The van der Waals surface area contributed by atoms with Gasteiger partial charge in [0.05, 0.1) is 0 Å². The van der Waals surface area contributed by atoms with E-state index in [4.69, 9.17) is 11.6 Å². The molecule has 1 fully saturated rings. The molecular formula is C15H19ClN2O3. The van der Waals surface area contributed by atoms with Gasteiger partial charge >= 0.3 is 0 Å². The molecule has 0 saturated carbocycles. The monoisotopic (exact) mass is 310 g/mol. The fourth-order valence-electron chi connectivity index (χ4n) is 2.36. The number of hydrogen-bond donors (Lipinski definition) is 1. The van der Waals surface area contributed by atoms with Crippen LogP contribution >= 0.6 is 11.6 Å². The van der Waals surface area contributed by atoms with E-state index >= 15 is 0 Å². The molecule has 1 aliphatic heterocycles. The van der Waals surface area contributed by atoms with E-state index in [-0.39, 0.29) is 17.6 Å². The molecule has 0 spiro atoms. The smallest absolute Gasteiger partial charge is 0.254 e. The summed E-state index contributed by atoms with van der Waals surface area (Å²) in [5, 5.41) is 9.42. The van der Waals surface area contributed by atoms with Gasteiger partial charge in [-0.2, -0.15) is 0 Å². The van der Waals surface area contributed by atoms with E-state index in [1.54, 1.807) is 21.9 Å². The van der Waals surface area contributed by atoms with Crippen molar-refractivity contribution >= 4 is 23.4 Å². The first-order valence-electron chi connectivity index (χ1n) is 7.04. The third kappa shape index (κ3) is 4.11. The number of phenols is 1. The number of piperazine rings is 1. The number of nitrogens with zero attached hydrogens (tertiary/aromatic N) is 2. The molecule has 2 rings (SSSR count). The minimum absolute atomic E-state index is 0.0794. The predicted octanol–water partition coefficient (Wildman–Crippen LogP) is 1.70. The molecule has 1 aromatic carbocycles. The number of amides is 2. The highest BCUT2D eigenvalue weighted by atomic mass is 35.5. The highest BCUT2D eigenvalue weighted by Crippen LogP contribution is 2.15. The number of alkyl halides is 1. The molecule has 1 N–H and O–H groups in total. The standard InChI is InChI=1S/C15H19ClN2O3/c16-6-2-5-14(20)17-7-9-18(10-8-17)15(21)12-3-1-4-13(19)11-12/h1,3-4,11,19H,2,5-10H2. The van der Waals surface area contributed by atoms with Crippen LogP contribution in [0.5, 0.6) is 5.75 Å². The molecule has 1 aliphatic rings. The third-order valence-corrected chi connectivity index (χ3v) is 3.80. The van der Waals surface area contributed by atoms with Crippen molar-refractivity contribution in [2.75, 3.05) is 32.1 Å². The Kier molecular flexibility index (Phi) is 5.44. The molecule has 0 unspecified atom stereocenters. The minimum Gasteiger partial charge on any atom is -0.508 e. The number of phenolic OH excluding ortho intramolecular Hbond substituents is 1. The van der Waals surface area contributed by atoms with Crippen LogP contribution in [0.2, 0.25) is 0 Å². The first kappa shape index (κ1) is 15.6. The van der Waals surface area contributed by atoms with E-state index in [9.17, 15) is 14.7 Å². The maximum absolute atomic E-state index is 12.3. The van der Waals surface area contributed by atoms with E-state index in [1.807, 2.05) is 0 Å². The molecular weight excluding hydrogens is 292 g/mol. The number of benzene rings is 1. The quantitative estimate of drug-likeness (QED) is 0.861. The van der Waals surface area contributed by atoms with Gasteiger partial charge in [0, 0.05) is 44.0 Å². The van der Waals surface area contributed by atoms with E-state index in [2.05, 4.69) is 0 Å². The lowest BCUT2D eigenvalue weighted by Gasteiger charge is -2.35. The summed E-state index contributed by atoms with van der Waals surface area (Å²) in [6.07, 6.45) is 1.15. The summed E-state index contributed by atoms with van der Waals surface area (Å²) in [4.78, 5) is 27.7. The zero-order chi connectivity index (χ0) is 15.2. The molecule has 0 atom stereocenters. The van der Waals surface area contributed by atoms with Gasteiger partial charge in [-0.3, -0.25) is 9.59 Å². The Labute approximate surface area is 129 Å². The predicted molar refractivity (Wildman–Crippen MR) is 80.5 cm³/mol. The topological polar surface area (TPSA) is 60.9 Å². The van der Waals surface area contributed by atoms with E-state index in [0.717, 1.165) is 0 Å². The summed E-state index contributed by atoms with van der Waals surface area (Å²) in [6.45, 7) is 2.12. The van der Waals surface area contributed by atoms with Gasteiger partial charge in [-0.25, -0.2) is 0 Å². The van der Waals surface area contributed by atoms with Gasteiger partial charge in [-0.1, -0.05) is 6.07 Å². The Morgan fingerprint density at radius 3 is 2.43 bits per heavy atom. The van der Waals surface area contributed by atoms with Crippen LogP contribution in [0.4, 0.5) is 0 Å². The molecule has 114 valence electrons. The third-order valence-electron chi connectivity index (χ3n) is 3.54. The van der Waals surface area contributed by atoms with Crippen LogP contribution in [0, 0.1) is 0 Å². The van der Waals surface area contributed by atoms with Crippen LogP contribution in [0.1, 0.15) is 23.2 Å². The van der Waals surface area contributed by atoms with E-state index in [0.29, 0.717) is 50.5 Å². The first-order chi connectivity index (χ1) is 10.1. The van der Waals surface area contributed by atoms with Crippen LogP contribution in [0.25, 0.3) is 0 Å². The Hall–Kier alpha value is -1.75. The fraction of sp³-hybridized carbons (Fsp3) is 0.467. The molecule has 0 aromatic heterocycles. The van der Waals surface area contributed by atoms with Crippen molar-refractivity contribution in [2.45, 2.75) is 12.8 Å². The number of carbonyl (C=O) groups is 2. The summed E-state index contributed by atoms with van der Waals surface area (Å²) >= 11 is 5.59. The van der Waals surface area contributed by atoms with Crippen LogP contribution < -0.4 is 0 Å². The lowest BCUT2D eigenvalue weighted by molar-refractivity contribution is -0.132. The van der Waals surface area contributed by atoms with Crippen molar-refractivity contribution in [1.29, 1.82) is 0 Å². The first-order valence-corrected chi connectivity index (χ1v) is 7.57. The molecule has 1 saturated heterocycles. The summed E-state index contributed by atoms with van der Waals surface area (Å²) in [7, 11) is 0. The summed E-state index contributed by atoms with van der Waals surface area (Å²) in [5.74, 6) is 0.552. The van der Waals surface area contributed by atoms with Gasteiger partial charge in [-0.05, 0) is 24.6 Å². The van der Waals surface area contributed by atoms with Gasteiger partial charge < -0.3 is 14.9 Å². The van der Waals surface area contributed by atoms with Gasteiger partial charge in [0.15, 0.2) is 0 Å². The Bertz CT molecular complexity index is 513. The van der Waals surface area contributed by atoms with E-state index in [1.165, 1.54) is 12.1 Å². The van der Waals surface area contributed by atoms with Crippen molar-refractivity contribution in [2.24, 2.45) is 0 Å². The second kappa shape index (κ2) is 7.31. The highest BCUT2D eigenvalue weighted by molar-refractivity contribution is 6.17. The summed E-state index contributed by atoms with van der Waals surface area (Å²) < 4.78 is 0. The molecule has 5 nitrogen and oxygen atoms in total. The maximum atomic E-state index is 12.3. The van der Waals surface area contributed by atoms with Gasteiger partial charge in [0.1, 0.15) is 5.75 Å². The SMILES string of the molecule is O=C(CCCCl)N1CCN(C(=O)c2cccc(O)c2)CC1. The van der Waals surface area contributed by atoms with Crippen molar-refractivity contribution < 1.29 is 14.7 Å². The van der Waals surface area contributed by atoms with Crippen molar-refractivity contribution in [3.8, 4) is 5.75 Å². The number of aromatic hydroxyl groups is 1. The number of hydrogen-bond acceptors (Lipinski definition) is 3. The molecule has 21 heavy (non-hydrogen) atoms. The van der Waals surface area contributed by atoms with Gasteiger partial charge in [-0.15, -0.1) is 11.6 Å².